The molecule has 62 valence electrons. The van der Waals surface area contributed by atoms with Crippen LogP contribution in [0.15, 0.2) is 0 Å². The number of nitrogens with one attached hydrogen (secondary N) is 1. The number of nitrogens with zero attached hydrogens (tertiary/aromatic N) is 1. The topological polar surface area (TPSA) is 15.3 Å². The lowest BCUT2D eigenvalue weighted by Crippen LogP contribution is -2.54. The molecule has 1 rings (SSSR count). The molecule has 1 aliphatic heterocycles. The molecule has 1 saturated heterocycles. The minimum Gasteiger partial charge on any atom is -0.309 e. The molecule has 2 unspecified atom stereocenters. The summed E-state index contributed by atoms with van der Waals surface area (Å²) in [5.74, 6) is 2.68. The van der Waals surface area contributed by atoms with E-state index in [1.54, 1.807) is 0 Å². The maximum absolute atomic E-state index is 5.24. The summed E-state index contributed by atoms with van der Waals surface area (Å²) in [5, 5.41) is 3.46. The predicted molar refractivity (Wildman–Crippen MR) is 47.3 cm³/mol. The van der Waals surface area contributed by atoms with Gasteiger partial charge in [0.25, 0.3) is 0 Å². The van der Waals surface area contributed by atoms with Crippen LogP contribution in [0.25, 0.3) is 0 Å². The Bertz CT molecular complexity index is 149. The molecule has 0 saturated carbocycles. The van der Waals surface area contributed by atoms with Crippen molar-refractivity contribution in [1.82, 2.24) is 10.2 Å². The first-order valence-corrected chi connectivity index (χ1v) is 4.14. The van der Waals surface area contributed by atoms with Gasteiger partial charge in [-0.15, -0.1) is 6.42 Å². The molecule has 0 spiro atoms. The van der Waals surface area contributed by atoms with Gasteiger partial charge < -0.3 is 5.32 Å². The SMILES string of the molecule is C#CCN1CC(C)NC(C)C1. The largest absolute Gasteiger partial charge is 0.309 e. The molecule has 2 atom stereocenters. The lowest BCUT2D eigenvalue weighted by atomic mass is 10.1. The van der Waals surface area contributed by atoms with Crippen LogP contribution in [0.4, 0.5) is 0 Å². The van der Waals surface area contributed by atoms with Crippen molar-refractivity contribution in [2.45, 2.75) is 25.9 Å². The molecule has 1 N–H and O–H groups in total. The van der Waals surface area contributed by atoms with Crippen LogP contribution in [0.2, 0.25) is 0 Å². The highest BCUT2D eigenvalue weighted by Gasteiger charge is 2.19. The molecule has 1 fully saturated rings. The lowest BCUT2D eigenvalue weighted by Gasteiger charge is -2.34. The van der Waals surface area contributed by atoms with Crippen molar-refractivity contribution < 1.29 is 0 Å². The highest BCUT2D eigenvalue weighted by molar-refractivity contribution is 4.92. The van der Waals surface area contributed by atoms with Crippen molar-refractivity contribution in [2.24, 2.45) is 0 Å². The van der Waals surface area contributed by atoms with Crippen LogP contribution in [0, 0.1) is 12.3 Å². The third-order valence-corrected chi connectivity index (χ3v) is 1.95. The third-order valence-electron chi connectivity index (χ3n) is 1.95. The lowest BCUT2D eigenvalue weighted by molar-refractivity contribution is 0.192. The second kappa shape index (κ2) is 3.75. The molecule has 2 nitrogen and oxygen atoms in total. The maximum Gasteiger partial charge on any atom is 0.0599 e. The van der Waals surface area contributed by atoms with E-state index >= 15 is 0 Å². The van der Waals surface area contributed by atoms with Crippen LogP contribution in [0.1, 0.15) is 13.8 Å². The third kappa shape index (κ3) is 2.53. The summed E-state index contributed by atoms with van der Waals surface area (Å²) < 4.78 is 0. The van der Waals surface area contributed by atoms with Crippen molar-refractivity contribution in [3.8, 4) is 12.3 Å². The summed E-state index contributed by atoms with van der Waals surface area (Å²) in [6.07, 6.45) is 5.24. The number of hydrogen-bond acceptors (Lipinski definition) is 2. The van der Waals surface area contributed by atoms with Gasteiger partial charge in [-0.25, -0.2) is 0 Å². The Morgan fingerprint density at radius 3 is 2.45 bits per heavy atom. The fourth-order valence-corrected chi connectivity index (χ4v) is 1.70. The van der Waals surface area contributed by atoms with E-state index in [9.17, 15) is 0 Å². The molecular formula is C9H16N2. The summed E-state index contributed by atoms with van der Waals surface area (Å²) in [6, 6.07) is 1.15. The van der Waals surface area contributed by atoms with Gasteiger partial charge in [0.15, 0.2) is 0 Å². The van der Waals surface area contributed by atoms with Crippen molar-refractivity contribution in [3.05, 3.63) is 0 Å². The molecule has 0 aromatic rings. The van der Waals surface area contributed by atoms with E-state index in [4.69, 9.17) is 6.42 Å². The normalized spacial score (nSPS) is 33.2. The van der Waals surface area contributed by atoms with Gasteiger partial charge in [0, 0.05) is 25.2 Å². The molecule has 0 radical (unpaired) electrons. The summed E-state index contributed by atoms with van der Waals surface area (Å²) in [6.45, 7) is 7.33. The Labute approximate surface area is 69.0 Å². The molecule has 0 aliphatic carbocycles. The zero-order valence-corrected chi connectivity index (χ0v) is 7.30. The van der Waals surface area contributed by atoms with E-state index in [1.165, 1.54) is 0 Å². The fourth-order valence-electron chi connectivity index (χ4n) is 1.70. The van der Waals surface area contributed by atoms with Crippen molar-refractivity contribution in [1.29, 1.82) is 0 Å². The minimum atomic E-state index is 0.576. The molecule has 1 aliphatic rings. The summed E-state index contributed by atoms with van der Waals surface area (Å²) in [5.41, 5.74) is 0. The van der Waals surface area contributed by atoms with Crippen LogP contribution in [-0.2, 0) is 0 Å². The highest BCUT2D eigenvalue weighted by atomic mass is 15.2. The van der Waals surface area contributed by atoms with Gasteiger partial charge in [0.05, 0.1) is 6.54 Å². The van der Waals surface area contributed by atoms with E-state index in [0.29, 0.717) is 12.1 Å². The second-order valence-electron chi connectivity index (χ2n) is 3.37. The smallest absolute Gasteiger partial charge is 0.0599 e. The van der Waals surface area contributed by atoms with Crippen LogP contribution in [0.5, 0.6) is 0 Å². The van der Waals surface area contributed by atoms with Gasteiger partial charge in [-0.2, -0.15) is 0 Å². The Balaban J connectivity index is 2.38. The van der Waals surface area contributed by atoms with E-state index in [-0.39, 0.29) is 0 Å². The number of piperazine rings is 1. The first kappa shape index (κ1) is 8.58. The van der Waals surface area contributed by atoms with Gasteiger partial charge in [-0.05, 0) is 13.8 Å². The number of terminal acetylenes is 1. The zero-order valence-electron chi connectivity index (χ0n) is 7.30. The molecule has 1 heterocycles. The van der Waals surface area contributed by atoms with Gasteiger partial charge in [-0.1, -0.05) is 5.92 Å². The highest BCUT2D eigenvalue weighted by Crippen LogP contribution is 2.02. The molecule has 0 aromatic carbocycles. The molecule has 11 heavy (non-hydrogen) atoms. The fraction of sp³-hybridized carbons (Fsp3) is 0.778. The zero-order chi connectivity index (χ0) is 8.27. The second-order valence-corrected chi connectivity index (χ2v) is 3.37. The van der Waals surface area contributed by atoms with Crippen LogP contribution in [0.3, 0.4) is 0 Å². The van der Waals surface area contributed by atoms with Crippen LogP contribution < -0.4 is 5.32 Å². The van der Waals surface area contributed by atoms with Gasteiger partial charge in [0.1, 0.15) is 0 Å². The van der Waals surface area contributed by atoms with E-state index in [1.807, 2.05) is 0 Å². The summed E-state index contributed by atoms with van der Waals surface area (Å²) in [4.78, 5) is 2.31. The monoisotopic (exact) mass is 152 g/mol. The number of rotatable bonds is 1. The average Bonchev–Trinajstić information content (AvgIpc) is 1.85. The Kier molecular flexibility index (Phi) is 2.92. The van der Waals surface area contributed by atoms with Gasteiger partial charge in [-0.3, -0.25) is 4.90 Å². The van der Waals surface area contributed by atoms with Crippen molar-refractivity contribution in [2.75, 3.05) is 19.6 Å². The van der Waals surface area contributed by atoms with Crippen molar-refractivity contribution in [3.63, 3.8) is 0 Å². The minimum absolute atomic E-state index is 0.576. The Morgan fingerprint density at radius 1 is 1.45 bits per heavy atom. The number of hydrogen-bond donors (Lipinski definition) is 1. The predicted octanol–water partition coefficient (Wildman–Crippen LogP) is 0.302. The van der Waals surface area contributed by atoms with E-state index < -0.39 is 0 Å². The first-order chi connectivity index (χ1) is 5.22. The van der Waals surface area contributed by atoms with E-state index in [0.717, 1.165) is 19.6 Å². The van der Waals surface area contributed by atoms with E-state index in [2.05, 4.69) is 30.0 Å². The van der Waals surface area contributed by atoms with Gasteiger partial charge in [0.2, 0.25) is 0 Å². The standard InChI is InChI=1S/C9H16N2/c1-4-5-11-6-8(2)10-9(3)7-11/h1,8-10H,5-7H2,2-3H3. The molecule has 0 bridgehead atoms. The molecular weight excluding hydrogens is 136 g/mol. The Hall–Kier alpha value is -0.520. The average molecular weight is 152 g/mol. The Morgan fingerprint density at radius 2 is 2.00 bits per heavy atom. The molecule has 0 amide bonds. The van der Waals surface area contributed by atoms with Crippen LogP contribution in [-0.4, -0.2) is 36.6 Å². The maximum atomic E-state index is 5.24. The first-order valence-electron chi connectivity index (χ1n) is 4.14. The van der Waals surface area contributed by atoms with Crippen molar-refractivity contribution >= 4 is 0 Å². The molecule has 0 aromatic heterocycles. The molecule has 2 heteroatoms. The quantitative estimate of drug-likeness (QED) is 0.544. The summed E-state index contributed by atoms with van der Waals surface area (Å²) in [7, 11) is 0. The van der Waals surface area contributed by atoms with Gasteiger partial charge >= 0.3 is 0 Å². The summed E-state index contributed by atoms with van der Waals surface area (Å²) >= 11 is 0. The van der Waals surface area contributed by atoms with Crippen LogP contribution >= 0.6 is 0 Å².